The summed E-state index contributed by atoms with van der Waals surface area (Å²) < 4.78 is 13.5. The Hall–Kier alpha value is -1.40. The number of halogens is 1. The number of nitrogens with zero attached hydrogens (tertiary/aromatic N) is 3. The Morgan fingerprint density at radius 1 is 1.14 bits per heavy atom. The fourth-order valence-corrected chi connectivity index (χ4v) is 6.65. The van der Waals surface area contributed by atoms with Gasteiger partial charge in [-0.15, -0.1) is 11.8 Å². The van der Waals surface area contributed by atoms with Crippen LogP contribution in [0.15, 0.2) is 34.9 Å². The van der Waals surface area contributed by atoms with Gasteiger partial charge >= 0.3 is 0 Å². The van der Waals surface area contributed by atoms with E-state index in [1.54, 1.807) is 12.4 Å². The first-order chi connectivity index (χ1) is 13.8. The summed E-state index contributed by atoms with van der Waals surface area (Å²) in [6, 6.07) is 0.468. The molecule has 0 aromatic carbocycles. The number of rotatable bonds is 4. The van der Waals surface area contributed by atoms with Gasteiger partial charge in [-0.25, -0.2) is 14.4 Å². The van der Waals surface area contributed by atoms with Gasteiger partial charge in [0.05, 0.1) is 0 Å². The number of nitrogens with one attached hydrogen (secondary N) is 1. The van der Waals surface area contributed by atoms with Crippen molar-refractivity contribution in [2.45, 2.75) is 73.6 Å². The Morgan fingerprint density at radius 3 is 2.86 bits per heavy atom. The normalized spacial score (nSPS) is 28.3. The lowest BCUT2D eigenvalue weighted by atomic mass is 9.84. The fraction of sp³-hybridized carbons (Fsp3) is 0.636. The van der Waals surface area contributed by atoms with Gasteiger partial charge in [-0.3, -0.25) is 4.90 Å². The number of hydrogen-bond donors (Lipinski definition) is 1. The van der Waals surface area contributed by atoms with E-state index >= 15 is 0 Å². The zero-order valence-electron chi connectivity index (χ0n) is 16.4. The van der Waals surface area contributed by atoms with Crippen LogP contribution in [0.4, 0.5) is 10.2 Å². The Morgan fingerprint density at radius 2 is 2.00 bits per heavy atom. The number of likely N-dealkylation sites (tertiary alicyclic amines) is 1. The fourth-order valence-electron chi connectivity index (χ4n) is 5.16. The van der Waals surface area contributed by atoms with E-state index in [4.69, 9.17) is 0 Å². The number of hydrogen-bond acceptors (Lipinski definition) is 5. The second-order valence-corrected chi connectivity index (χ2v) is 9.82. The number of aromatic nitrogens is 2. The molecule has 0 radical (unpaired) electrons. The van der Waals surface area contributed by atoms with Crippen LogP contribution in [0.3, 0.4) is 0 Å². The molecular formula is C22H29FN4S. The Bertz CT molecular complexity index is 785. The van der Waals surface area contributed by atoms with Crippen molar-refractivity contribution in [1.82, 2.24) is 14.9 Å². The second kappa shape index (κ2) is 8.15. The van der Waals surface area contributed by atoms with E-state index in [0.29, 0.717) is 23.6 Å². The summed E-state index contributed by atoms with van der Waals surface area (Å²) in [5.41, 5.74) is 2.54. The average molecular weight is 401 g/mol. The van der Waals surface area contributed by atoms with Gasteiger partial charge in [-0.2, -0.15) is 0 Å². The van der Waals surface area contributed by atoms with Crippen molar-refractivity contribution in [2.24, 2.45) is 0 Å². The first-order valence-corrected chi connectivity index (χ1v) is 11.7. The molecule has 2 atom stereocenters. The smallest absolute Gasteiger partial charge is 0.134 e. The molecule has 1 N–H and O–H groups in total. The number of anilines is 1. The summed E-state index contributed by atoms with van der Waals surface area (Å²) in [6.45, 7) is 2.99. The van der Waals surface area contributed by atoms with Crippen molar-refractivity contribution < 1.29 is 4.39 Å². The van der Waals surface area contributed by atoms with Crippen molar-refractivity contribution in [1.29, 1.82) is 0 Å². The summed E-state index contributed by atoms with van der Waals surface area (Å²) in [5, 5.41) is 5.69. The highest BCUT2D eigenvalue weighted by molar-refractivity contribution is 8.00. The quantitative estimate of drug-likeness (QED) is 0.716. The van der Waals surface area contributed by atoms with Crippen LogP contribution in [0.25, 0.3) is 0 Å². The summed E-state index contributed by atoms with van der Waals surface area (Å²) in [5.74, 6) is 1.76. The minimum atomic E-state index is 0.0329. The molecule has 1 saturated heterocycles. The Labute approximate surface area is 171 Å². The van der Waals surface area contributed by atoms with Gasteiger partial charge in [-0.1, -0.05) is 18.9 Å². The van der Waals surface area contributed by atoms with E-state index in [0.717, 1.165) is 50.3 Å². The Balaban J connectivity index is 1.20. The van der Waals surface area contributed by atoms with Crippen LogP contribution in [0.1, 0.15) is 62.8 Å². The first-order valence-electron chi connectivity index (χ1n) is 10.8. The topological polar surface area (TPSA) is 41.0 Å². The third-order valence-corrected chi connectivity index (χ3v) is 8.07. The predicted octanol–water partition coefficient (Wildman–Crippen LogP) is 5.06. The van der Waals surface area contributed by atoms with Crippen LogP contribution >= 0.6 is 11.8 Å². The van der Waals surface area contributed by atoms with E-state index in [1.165, 1.54) is 36.3 Å². The number of thioether (sulfide) groups is 1. The molecular weight excluding hydrogens is 371 g/mol. The van der Waals surface area contributed by atoms with Gasteiger partial charge in [0.2, 0.25) is 0 Å². The average Bonchev–Trinajstić information content (AvgIpc) is 3.09. The van der Waals surface area contributed by atoms with Crippen molar-refractivity contribution >= 4 is 17.6 Å². The SMILES string of the molecule is FC1=CC(CN2CCC(Nc3ncnc4c3C3CCCCC3S4)CC2)=CCC1. The maximum absolute atomic E-state index is 13.5. The minimum Gasteiger partial charge on any atom is -0.367 e. The second-order valence-electron chi connectivity index (χ2n) is 8.59. The van der Waals surface area contributed by atoms with Crippen molar-refractivity contribution in [3.8, 4) is 0 Å². The third kappa shape index (κ3) is 3.86. The molecule has 0 bridgehead atoms. The van der Waals surface area contributed by atoms with Crippen LogP contribution in [0.2, 0.25) is 0 Å². The summed E-state index contributed by atoms with van der Waals surface area (Å²) in [6.07, 6.45) is 14.6. The lowest BCUT2D eigenvalue weighted by Gasteiger charge is -2.33. The highest BCUT2D eigenvalue weighted by atomic mass is 32.2. The molecule has 6 heteroatoms. The molecule has 0 amide bonds. The third-order valence-electron chi connectivity index (χ3n) is 6.65. The lowest BCUT2D eigenvalue weighted by Crippen LogP contribution is -2.40. The summed E-state index contributed by atoms with van der Waals surface area (Å²) >= 11 is 1.97. The maximum Gasteiger partial charge on any atom is 0.134 e. The molecule has 4 nitrogen and oxygen atoms in total. The zero-order chi connectivity index (χ0) is 18.9. The predicted molar refractivity (Wildman–Crippen MR) is 112 cm³/mol. The minimum absolute atomic E-state index is 0.0329. The van der Waals surface area contributed by atoms with E-state index in [2.05, 4.69) is 26.3 Å². The number of fused-ring (bicyclic) bond motifs is 3. The van der Waals surface area contributed by atoms with E-state index in [1.807, 2.05) is 11.8 Å². The van der Waals surface area contributed by atoms with E-state index in [9.17, 15) is 4.39 Å². The van der Waals surface area contributed by atoms with Crippen LogP contribution in [-0.2, 0) is 0 Å². The zero-order valence-corrected chi connectivity index (χ0v) is 17.2. The molecule has 1 aromatic heterocycles. The maximum atomic E-state index is 13.5. The molecule has 2 fully saturated rings. The molecule has 2 unspecified atom stereocenters. The van der Waals surface area contributed by atoms with Gasteiger partial charge in [0.1, 0.15) is 23.0 Å². The number of allylic oxidation sites excluding steroid dienone is 2. The lowest BCUT2D eigenvalue weighted by molar-refractivity contribution is 0.236. The molecule has 2 aliphatic carbocycles. The van der Waals surface area contributed by atoms with Crippen molar-refractivity contribution in [2.75, 3.05) is 25.0 Å². The van der Waals surface area contributed by atoms with Crippen molar-refractivity contribution in [3.63, 3.8) is 0 Å². The van der Waals surface area contributed by atoms with Crippen molar-refractivity contribution in [3.05, 3.63) is 35.4 Å². The summed E-state index contributed by atoms with van der Waals surface area (Å²) in [4.78, 5) is 11.7. The molecule has 1 aromatic rings. The largest absolute Gasteiger partial charge is 0.367 e. The number of piperidine rings is 1. The molecule has 1 saturated carbocycles. The molecule has 0 spiro atoms. The molecule has 3 heterocycles. The Kier molecular flexibility index (Phi) is 5.42. The molecule has 4 aliphatic rings. The first kappa shape index (κ1) is 18.6. The van der Waals surface area contributed by atoms with Gasteiger partial charge in [0.25, 0.3) is 0 Å². The van der Waals surface area contributed by atoms with E-state index < -0.39 is 0 Å². The molecule has 2 aliphatic heterocycles. The standard InChI is InChI=1S/C22H29FN4S/c23-16-5-3-4-15(12-16)13-27-10-8-17(9-11-27)26-21-20-18-6-1-2-7-19(18)28-22(20)25-14-24-21/h4,12,14,17-19H,1-3,5-11,13H2,(H,24,25,26). The molecule has 150 valence electrons. The van der Waals surface area contributed by atoms with Gasteiger partial charge in [-0.05, 0) is 43.8 Å². The molecule has 28 heavy (non-hydrogen) atoms. The highest BCUT2D eigenvalue weighted by Crippen LogP contribution is 2.52. The van der Waals surface area contributed by atoms with Gasteiger partial charge in [0.15, 0.2) is 0 Å². The highest BCUT2D eigenvalue weighted by Gasteiger charge is 2.38. The monoisotopic (exact) mass is 400 g/mol. The van der Waals surface area contributed by atoms with Crippen LogP contribution in [0, 0.1) is 0 Å². The summed E-state index contributed by atoms with van der Waals surface area (Å²) in [7, 11) is 0. The van der Waals surface area contributed by atoms with Gasteiger partial charge in [0, 0.05) is 48.8 Å². The van der Waals surface area contributed by atoms with Crippen LogP contribution < -0.4 is 5.32 Å². The van der Waals surface area contributed by atoms with Crippen LogP contribution in [-0.4, -0.2) is 45.8 Å². The van der Waals surface area contributed by atoms with Gasteiger partial charge < -0.3 is 5.32 Å². The molecule has 5 rings (SSSR count). The van der Waals surface area contributed by atoms with Crippen LogP contribution in [0.5, 0.6) is 0 Å². The van der Waals surface area contributed by atoms with E-state index in [-0.39, 0.29) is 5.83 Å².